The van der Waals surface area contributed by atoms with E-state index in [2.05, 4.69) is 41.1 Å². The molecule has 0 spiro atoms. The molecule has 0 unspecified atom stereocenters. The Morgan fingerprint density at radius 2 is 1.67 bits per heavy atom. The summed E-state index contributed by atoms with van der Waals surface area (Å²) in [5.74, 6) is -0.157. The highest BCUT2D eigenvalue weighted by atomic mass is 32.2. The van der Waals surface area contributed by atoms with Crippen molar-refractivity contribution in [3.05, 3.63) is 58.4 Å². The number of fused-ring (bicyclic) bond motifs is 2. The molecule has 2 aliphatic rings. The van der Waals surface area contributed by atoms with Crippen LogP contribution < -0.4 is 5.32 Å². The Hall–Kier alpha value is -2.56. The summed E-state index contributed by atoms with van der Waals surface area (Å²) in [6.45, 7) is 7.51. The Bertz CT molecular complexity index is 1350. The van der Waals surface area contributed by atoms with E-state index >= 15 is 0 Å². The van der Waals surface area contributed by atoms with Gasteiger partial charge in [0.05, 0.1) is 4.90 Å². The first kappa shape index (κ1) is 25.1. The molecule has 7 nitrogen and oxygen atoms in total. The lowest BCUT2D eigenvalue weighted by molar-refractivity contribution is 0.0792. The molecule has 10 heteroatoms. The lowest BCUT2D eigenvalue weighted by atomic mass is 9.99. The third-order valence-corrected chi connectivity index (χ3v) is 10.2. The number of anilines is 2. The Labute approximate surface area is 213 Å². The Morgan fingerprint density at radius 1 is 1.03 bits per heavy atom. The van der Waals surface area contributed by atoms with Crippen molar-refractivity contribution in [3.63, 3.8) is 0 Å². The van der Waals surface area contributed by atoms with Crippen LogP contribution >= 0.6 is 0 Å². The van der Waals surface area contributed by atoms with E-state index in [0.717, 1.165) is 62.4 Å². The van der Waals surface area contributed by atoms with Crippen molar-refractivity contribution < 1.29 is 17.5 Å². The van der Waals surface area contributed by atoms with Crippen molar-refractivity contribution in [3.8, 4) is 0 Å². The van der Waals surface area contributed by atoms with Gasteiger partial charge in [0.1, 0.15) is 12.5 Å². The van der Waals surface area contributed by atoms with Gasteiger partial charge >= 0.3 is 0 Å². The number of hydrogen-bond acceptors (Lipinski definition) is 6. The molecule has 0 fully saturated rings. The van der Waals surface area contributed by atoms with Crippen LogP contribution in [-0.2, 0) is 47.0 Å². The number of aromatic nitrogens is 3. The molecule has 0 saturated carbocycles. The SMILES string of the molecule is C[Si](C)(C)CCOCn1nc(S(=O)(=O)c2ccc(F)cc2)nc1Nc1c2c(cc3c1CCC3)CCC2. The third kappa shape index (κ3) is 5.12. The van der Waals surface area contributed by atoms with Gasteiger partial charge in [-0.25, -0.2) is 17.5 Å². The third-order valence-electron chi connectivity index (χ3n) is 6.94. The molecule has 0 saturated heterocycles. The summed E-state index contributed by atoms with van der Waals surface area (Å²) in [6.07, 6.45) is 6.34. The van der Waals surface area contributed by atoms with Gasteiger partial charge in [0, 0.05) is 20.4 Å². The number of aryl methyl sites for hydroxylation is 2. The van der Waals surface area contributed by atoms with Gasteiger partial charge in [-0.15, -0.1) is 5.10 Å². The van der Waals surface area contributed by atoms with Crippen LogP contribution in [0, 0.1) is 5.82 Å². The summed E-state index contributed by atoms with van der Waals surface area (Å²) in [6, 6.07) is 8.06. The maximum Gasteiger partial charge on any atom is 0.273 e. The number of hydrogen-bond donors (Lipinski definition) is 1. The highest BCUT2D eigenvalue weighted by Crippen LogP contribution is 2.40. The van der Waals surface area contributed by atoms with Crippen LogP contribution in [0.4, 0.5) is 16.0 Å². The molecule has 0 bridgehead atoms. The highest BCUT2D eigenvalue weighted by Gasteiger charge is 2.28. The van der Waals surface area contributed by atoms with Crippen molar-refractivity contribution >= 4 is 29.5 Å². The maximum absolute atomic E-state index is 13.4. The monoisotopic (exact) mass is 528 g/mol. The molecular weight excluding hydrogens is 495 g/mol. The maximum atomic E-state index is 13.4. The van der Waals surface area contributed by atoms with E-state index in [0.29, 0.717) is 12.6 Å². The van der Waals surface area contributed by atoms with Gasteiger partial charge in [0.15, 0.2) is 0 Å². The average molecular weight is 529 g/mol. The van der Waals surface area contributed by atoms with Crippen LogP contribution in [0.2, 0.25) is 25.7 Å². The van der Waals surface area contributed by atoms with Crippen molar-refractivity contribution in [1.29, 1.82) is 0 Å². The zero-order valence-electron chi connectivity index (χ0n) is 21.1. The minimum Gasteiger partial charge on any atom is -0.359 e. The smallest absolute Gasteiger partial charge is 0.273 e. The van der Waals surface area contributed by atoms with Gasteiger partial charge < -0.3 is 10.1 Å². The number of rotatable bonds is 9. The molecule has 1 aromatic heterocycles. The zero-order chi connectivity index (χ0) is 25.5. The number of ether oxygens (including phenoxy) is 1. The van der Waals surface area contributed by atoms with Crippen molar-refractivity contribution in [2.75, 3.05) is 11.9 Å². The Kier molecular flexibility index (Phi) is 6.78. The molecule has 0 aliphatic heterocycles. The lowest BCUT2D eigenvalue weighted by Crippen LogP contribution is -2.22. The van der Waals surface area contributed by atoms with Crippen molar-refractivity contribution in [2.45, 2.75) is 81.0 Å². The molecule has 2 aliphatic carbocycles. The van der Waals surface area contributed by atoms with Gasteiger partial charge in [0.2, 0.25) is 15.8 Å². The summed E-state index contributed by atoms with van der Waals surface area (Å²) in [5, 5.41) is 7.50. The molecule has 5 rings (SSSR count). The van der Waals surface area contributed by atoms with Gasteiger partial charge in [-0.05, 0) is 91.1 Å². The fourth-order valence-corrected chi connectivity index (χ4v) is 6.82. The summed E-state index contributed by atoms with van der Waals surface area (Å²) in [7, 11) is -5.30. The highest BCUT2D eigenvalue weighted by molar-refractivity contribution is 7.91. The van der Waals surface area contributed by atoms with Crippen molar-refractivity contribution in [2.24, 2.45) is 0 Å². The summed E-state index contributed by atoms with van der Waals surface area (Å²) < 4.78 is 47.4. The molecule has 0 radical (unpaired) electrons. The van der Waals surface area contributed by atoms with E-state index in [-0.39, 0.29) is 16.8 Å². The van der Waals surface area contributed by atoms with E-state index in [1.54, 1.807) is 0 Å². The molecule has 1 N–H and O–H groups in total. The Morgan fingerprint density at radius 3 is 2.28 bits per heavy atom. The van der Waals surface area contributed by atoms with Gasteiger partial charge in [-0.1, -0.05) is 25.7 Å². The van der Waals surface area contributed by atoms with Gasteiger partial charge in [0.25, 0.3) is 5.16 Å². The first-order chi connectivity index (χ1) is 17.1. The van der Waals surface area contributed by atoms with Gasteiger partial charge in [-0.3, -0.25) is 0 Å². The van der Waals surface area contributed by atoms with Crippen molar-refractivity contribution in [1.82, 2.24) is 14.8 Å². The molecule has 0 amide bonds. The number of nitrogens with one attached hydrogen (secondary N) is 1. The average Bonchev–Trinajstić information content (AvgIpc) is 3.56. The molecular formula is C26H33FN4O3SSi. The van der Waals surface area contributed by atoms with Crippen LogP contribution in [-0.4, -0.2) is 37.9 Å². The molecule has 1 heterocycles. The fraction of sp³-hybridized carbons (Fsp3) is 0.462. The minimum atomic E-state index is -4.02. The molecule has 2 aromatic carbocycles. The molecule has 0 atom stereocenters. The number of sulfone groups is 1. The normalized spacial score (nSPS) is 15.2. The first-order valence-electron chi connectivity index (χ1n) is 12.6. The van der Waals surface area contributed by atoms with E-state index in [1.165, 1.54) is 39.1 Å². The summed E-state index contributed by atoms with van der Waals surface area (Å²) in [5.41, 5.74) is 6.39. The standard InChI is InChI=1S/C26H33FN4O3SSi/c1-36(2,3)15-14-34-17-31-25(29-26(30-31)35(32,33)21-12-10-20(27)11-13-21)28-24-22-8-4-6-18(22)16-19-7-5-9-23(19)24/h10-13,16H,4-9,14-15,17H2,1-3H3,(H,28,29,30). The number of nitrogens with zero attached hydrogens (tertiary/aromatic N) is 3. The second kappa shape index (κ2) is 9.72. The van der Waals surface area contributed by atoms with Crippen LogP contribution in [0.3, 0.4) is 0 Å². The first-order valence-corrected chi connectivity index (χ1v) is 17.8. The predicted molar refractivity (Wildman–Crippen MR) is 140 cm³/mol. The van der Waals surface area contributed by atoms with Gasteiger partial charge in [-0.2, -0.15) is 4.98 Å². The number of benzene rings is 2. The van der Waals surface area contributed by atoms with Crippen LogP contribution in [0.25, 0.3) is 0 Å². The van der Waals surface area contributed by atoms with E-state index in [9.17, 15) is 12.8 Å². The molecule has 3 aromatic rings. The Balaban J connectivity index is 1.50. The quantitative estimate of drug-likeness (QED) is 0.231. The fourth-order valence-electron chi connectivity index (χ4n) is 4.95. The minimum absolute atomic E-state index is 0.0475. The molecule has 36 heavy (non-hydrogen) atoms. The number of halogens is 1. The van der Waals surface area contributed by atoms with E-state index in [4.69, 9.17) is 4.74 Å². The molecule has 192 valence electrons. The van der Waals surface area contributed by atoms with Crippen LogP contribution in [0.15, 0.2) is 40.4 Å². The zero-order valence-corrected chi connectivity index (χ0v) is 22.9. The second-order valence-electron chi connectivity index (χ2n) is 10.9. The summed E-state index contributed by atoms with van der Waals surface area (Å²) in [4.78, 5) is 4.39. The van der Waals surface area contributed by atoms with E-state index in [1.807, 2.05) is 0 Å². The van der Waals surface area contributed by atoms with Crippen LogP contribution in [0.5, 0.6) is 0 Å². The summed E-state index contributed by atoms with van der Waals surface area (Å²) >= 11 is 0. The van der Waals surface area contributed by atoms with E-state index < -0.39 is 23.7 Å². The topological polar surface area (TPSA) is 86.1 Å². The predicted octanol–water partition coefficient (Wildman–Crippen LogP) is 5.28. The van der Waals surface area contributed by atoms with Crippen LogP contribution in [0.1, 0.15) is 35.1 Å². The lowest BCUT2D eigenvalue weighted by Gasteiger charge is -2.18. The second-order valence-corrected chi connectivity index (χ2v) is 18.3. The largest absolute Gasteiger partial charge is 0.359 e.